The Kier molecular flexibility index (Phi) is 8.13. The maximum Gasteiger partial charge on any atom is 0.225 e. The summed E-state index contributed by atoms with van der Waals surface area (Å²) in [5.41, 5.74) is 1.72. The first-order valence-corrected chi connectivity index (χ1v) is 10.9. The first kappa shape index (κ1) is 22.2. The van der Waals surface area contributed by atoms with Gasteiger partial charge in [-0.15, -0.1) is 0 Å². The Morgan fingerprint density at radius 1 is 1.17 bits per heavy atom. The van der Waals surface area contributed by atoms with Gasteiger partial charge in [0, 0.05) is 37.6 Å². The van der Waals surface area contributed by atoms with Crippen LogP contribution in [0.15, 0.2) is 36.7 Å². The normalized spacial score (nSPS) is 16.7. The van der Waals surface area contributed by atoms with Crippen molar-refractivity contribution in [1.29, 1.82) is 0 Å². The van der Waals surface area contributed by atoms with Crippen LogP contribution in [0.2, 0.25) is 0 Å². The van der Waals surface area contributed by atoms with Crippen LogP contribution >= 0.6 is 0 Å². The SMILES string of the molecule is CCN(CC)CCCNC(=O)C1CCCN(c2ncc(-c3ccc(F)cc3)cn2)C1. The number of rotatable bonds is 9. The highest BCUT2D eigenvalue weighted by Gasteiger charge is 2.26. The van der Waals surface area contributed by atoms with Gasteiger partial charge in [0.2, 0.25) is 11.9 Å². The fraction of sp³-hybridized carbons (Fsp3) is 0.522. The van der Waals surface area contributed by atoms with E-state index in [4.69, 9.17) is 0 Å². The number of amides is 1. The average molecular weight is 414 g/mol. The number of benzene rings is 1. The van der Waals surface area contributed by atoms with Crippen LogP contribution in [0.25, 0.3) is 11.1 Å². The number of anilines is 1. The molecule has 30 heavy (non-hydrogen) atoms. The number of nitrogens with zero attached hydrogens (tertiary/aromatic N) is 4. The lowest BCUT2D eigenvalue weighted by atomic mass is 9.97. The smallest absolute Gasteiger partial charge is 0.225 e. The number of carbonyl (C=O) groups excluding carboxylic acids is 1. The molecule has 1 fully saturated rings. The van der Waals surface area contributed by atoms with Crippen molar-refractivity contribution in [3.63, 3.8) is 0 Å². The summed E-state index contributed by atoms with van der Waals surface area (Å²) in [4.78, 5) is 26.0. The Morgan fingerprint density at radius 2 is 1.87 bits per heavy atom. The molecule has 1 N–H and O–H groups in total. The second-order valence-corrected chi connectivity index (χ2v) is 7.74. The monoisotopic (exact) mass is 413 g/mol. The van der Waals surface area contributed by atoms with Gasteiger partial charge in [0.05, 0.1) is 5.92 Å². The van der Waals surface area contributed by atoms with Crippen molar-refractivity contribution in [1.82, 2.24) is 20.2 Å². The van der Waals surface area contributed by atoms with Crippen LogP contribution in [0.4, 0.5) is 10.3 Å². The molecule has 0 aliphatic carbocycles. The van der Waals surface area contributed by atoms with Gasteiger partial charge in [-0.1, -0.05) is 26.0 Å². The van der Waals surface area contributed by atoms with E-state index in [9.17, 15) is 9.18 Å². The fourth-order valence-electron chi connectivity index (χ4n) is 3.85. The first-order chi connectivity index (χ1) is 14.6. The Morgan fingerprint density at radius 3 is 2.53 bits per heavy atom. The van der Waals surface area contributed by atoms with Gasteiger partial charge in [-0.05, 0) is 56.6 Å². The summed E-state index contributed by atoms with van der Waals surface area (Å²) < 4.78 is 13.1. The number of carbonyl (C=O) groups is 1. The molecule has 1 aliphatic rings. The molecule has 1 saturated heterocycles. The van der Waals surface area contributed by atoms with Crippen molar-refractivity contribution in [3.8, 4) is 11.1 Å². The molecule has 1 aromatic heterocycles. The van der Waals surface area contributed by atoms with Crippen molar-refractivity contribution in [3.05, 3.63) is 42.5 Å². The molecule has 1 aliphatic heterocycles. The predicted octanol–water partition coefficient (Wildman–Crippen LogP) is 3.35. The van der Waals surface area contributed by atoms with Crippen LogP contribution in [0.5, 0.6) is 0 Å². The highest BCUT2D eigenvalue weighted by atomic mass is 19.1. The lowest BCUT2D eigenvalue weighted by Gasteiger charge is -2.32. The summed E-state index contributed by atoms with van der Waals surface area (Å²) in [5, 5.41) is 3.10. The van der Waals surface area contributed by atoms with Crippen LogP contribution in [0, 0.1) is 11.7 Å². The number of piperidine rings is 1. The lowest BCUT2D eigenvalue weighted by molar-refractivity contribution is -0.125. The second-order valence-electron chi connectivity index (χ2n) is 7.74. The van der Waals surface area contributed by atoms with Crippen LogP contribution in [0.3, 0.4) is 0 Å². The first-order valence-electron chi connectivity index (χ1n) is 10.9. The molecule has 1 amide bonds. The highest BCUT2D eigenvalue weighted by molar-refractivity contribution is 5.79. The van der Waals surface area contributed by atoms with E-state index in [1.54, 1.807) is 24.5 Å². The topological polar surface area (TPSA) is 61.4 Å². The van der Waals surface area contributed by atoms with Gasteiger partial charge in [0.25, 0.3) is 0 Å². The zero-order valence-corrected chi connectivity index (χ0v) is 18.0. The molecule has 0 saturated carbocycles. The highest BCUT2D eigenvalue weighted by Crippen LogP contribution is 2.23. The van der Waals surface area contributed by atoms with E-state index in [-0.39, 0.29) is 17.6 Å². The third-order valence-electron chi connectivity index (χ3n) is 5.74. The van der Waals surface area contributed by atoms with Gasteiger partial charge in [0.15, 0.2) is 0 Å². The minimum absolute atomic E-state index is 0.0346. The molecule has 0 spiro atoms. The van der Waals surface area contributed by atoms with Crippen LogP contribution in [-0.2, 0) is 4.79 Å². The fourth-order valence-corrected chi connectivity index (χ4v) is 3.85. The van der Waals surface area contributed by atoms with Crippen molar-refractivity contribution >= 4 is 11.9 Å². The summed E-state index contributed by atoms with van der Waals surface area (Å²) >= 11 is 0. The van der Waals surface area contributed by atoms with Crippen LogP contribution < -0.4 is 10.2 Å². The number of hydrogen-bond acceptors (Lipinski definition) is 5. The van der Waals surface area contributed by atoms with Crippen molar-refractivity contribution in [2.45, 2.75) is 33.1 Å². The van der Waals surface area contributed by atoms with Gasteiger partial charge in [-0.2, -0.15) is 0 Å². The largest absolute Gasteiger partial charge is 0.356 e. The number of aromatic nitrogens is 2. The van der Waals surface area contributed by atoms with Gasteiger partial charge in [0.1, 0.15) is 5.82 Å². The Bertz CT molecular complexity index is 792. The van der Waals surface area contributed by atoms with E-state index in [1.807, 2.05) is 0 Å². The molecule has 7 heteroatoms. The lowest BCUT2D eigenvalue weighted by Crippen LogP contribution is -2.44. The van der Waals surface area contributed by atoms with Crippen molar-refractivity contribution < 1.29 is 9.18 Å². The van der Waals surface area contributed by atoms with Gasteiger partial charge >= 0.3 is 0 Å². The van der Waals surface area contributed by atoms with Crippen molar-refractivity contribution in [2.24, 2.45) is 5.92 Å². The molecule has 1 unspecified atom stereocenters. The molecule has 1 aromatic carbocycles. The van der Waals surface area contributed by atoms with E-state index in [0.717, 1.165) is 56.6 Å². The third-order valence-corrected chi connectivity index (χ3v) is 5.74. The summed E-state index contributed by atoms with van der Waals surface area (Å²) in [6.45, 7) is 9.62. The Labute approximate surface area is 178 Å². The summed E-state index contributed by atoms with van der Waals surface area (Å²) in [6.07, 6.45) is 6.32. The summed E-state index contributed by atoms with van der Waals surface area (Å²) in [6, 6.07) is 6.29. The van der Waals surface area contributed by atoms with E-state index in [0.29, 0.717) is 19.0 Å². The Balaban J connectivity index is 1.51. The number of nitrogens with one attached hydrogen (secondary N) is 1. The quantitative estimate of drug-likeness (QED) is 0.639. The molecule has 0 radical (unpaired) electrons. The standard InChI is InChI=1S/C23H32FN5O/c1-3-28(4-2)13-6-12-25-22(30)19-7-5-14-29(17-19)23-26-15-20(16-27-23)18-8-10-21(24)11-9-18/h8-11,15-16,19H,3-7,12-14,17H2,1-2H3,(H,25,30). The molecule has 6 nitrogen and oxygen atoms in total. The van der Waals surface area contributed by atoms with Crippen LogP contribution in [-0.4, -0.2) is 60.0 Å². The maximum atomic E-state index is 13.1. The molecule has 0 bridgehead atoms. The molecule has 2 aromatic rings. The zero-order valence-electron chi connectivity index (χ0n) is 18.0. The average Bonchev–Trinajstić information content (AvgIpc) is 2.80. The Hall–Kier alpha value is -2.54. The van der Waals surface area contributed by atoms with E-state index >= 15 is 0 Å². The van der Waals surface area contributed by atoms with E-state index in [2.05, 4.69) is 38.9 Å². The van der Waals surface area contributed by atoms with Crippen molar-refractivity contribution in [2.75, 3.05) is 44.2 Å². The summed E-state index contributed by atoms with van der Waals surface area (Å²) in [7, 11) is 0. The molecule has 1 atom stereocenters. The second kappa shape index (κ2) is 11.0. The minimum atomic E-state index is -0.262. The zero-order chi connectivity index (χ0) is 21.3. The van der Waals surface area contributed by atoms with Crippen LogP contribution in [0.1, 0.15) is 33.1 Å². The third kappa shape index (κ3) is 5.98. The molecular formula is C23H32FN5O. The number of hydrogen-bond donors (Lipinski definition) is 1. The minimum Gasteiger partial charge on any atom is -0.356 e. The summed E-state index contributed by atoms with van der Waals surface area (Å²) in [5.74, 6) is 0.469. The van der Waals surface area contributed by atoms with E-state index < -0.39 is 0 Å². The molecular weight excluding hydrogens is 381 g/mol. The molecule has 3 rings (SSSR count). The maximum absolute atomic E-state index is 13.1. The molecule has 162 valence electrons. The van der Waals surface area contributed by atoms with Gasteiger partial charge in [-0.3, -0.25) is 4.79 Å². The van der Waals surface area contributed by atoms with Gasteiger partial charge in [-0.25, -0.2) is 14.4 Å². The number of halogens is 1. The van der Waals surface area contributed by atoms with Gasteiger partial charge < -0.3 is 15.1 Å². The molecule has 2 heterocycles. The predicted molar refractivity (Wildman–Crippen MR) is 118 cm³/mol. The van der Waals surface area contributed by atoms with E-state index in [1.165, 1.54) is 12.1 Å².